The van der Waals surface area contributed by atoms with E-state index in [2.05, 4.69) is 37.9 Å². The van der Waals surface area contributed by atoms with Gasteiger partial charge in [0.2, 0.25) is 0 Å². The van der Waals surface area contributed by atoms with Crippen molar-refractivity contribution in [2.45, 2.75) is 47.3 Å². The van der Waals surface area contributed by atoms with Crippen LogP contribution in [0.4, 0.5) is 0 Å². The van der Waals surface area contributed by atoms with Crippen LogP contribution in [0.25, 0.3) is 6.08 Å². The van der Waals surface area contributed by atoms with E-state index in [4.69, 9.17) is 9.47 Å². The smallest absolute Gasteiger partial charge is 0.338 e. The predicted octanol–water partition coefficient (Wildman–Crippen LogP) is 5.30. The van der Waals surface area contributed by atoms with Crippen molar-refractivity contribution in [3.8, 4) is 5.75 Å². The zero-order valence-corrected chi connectivity index (χ0v) is 24.2. The van der Waals surface area contributed by atoms with Gasteiger partial charge < -0.3 is 9.47 Å². The first-order chi connectivity index (χ1) is 19.3. The molecule has 1 atom stereocenters. The third kappa shape index (κ3) is 5.42. The molecule has 5 rings (SSSR count). The van der Waals surface area contributed by atoms with E-state index in [1.165, 1.54) is 33.6 Å². The Hall–Kier alpha value is -4.23. The molecule has 0 amide bonds. The molecule has 204 valence electrons. The Bertz CT molecular complexity index is 1760. The molecule has 0 unspecified atom stereocenters. The number of thiazole rings is 1. The van der Waals surface area contributed by atoms with E-state index < -0.39 is 12.0 Å². The summed E-state index contributed by atoms with van der Waals surface area (Å²) < 4.78 is 13.6. The van der Waals surface area contributed by atoms with Crippen molar-refractivity contribution in [1.29, 1.82) is 0 Å². The van der Waals surface area contributed by atoms with Gasteiger partial charge in [0.05, 0.1) is 28.5 Å². The summed E-state index contributed by atoms with van der Waals surface area (Å²) in [5.41, 5.74) is 7.33. The average molecular weight is 553 g/mol. The summed E-state index contributed by atoms with van der Waals surface area (Å²) in [4.78, 5) is 31.9. The Labute approximate surface area is 237 Å². The van der Waals surface area contributed by atoms with Gasteiger partial charge in [-0.3, -0.25) is 9.36 Å². The van der Waals surface area contributed by atoms with Gasteiger partial charge in [0.25, 0.3) is 5.56 Å². The number of aromatic nitrogens is 1. The molecule has 0 N–H and O–H groups in total. The number of carbonyl (C=O) groups is 1. The van der Waals surface area contributed by atoms with E-state index in [0.717, 1.165) is 16.9 Å². The lowest BCUT2D eigenvalue weighted by Gasteiger charge is -2.24. The number of ether oxygens (including phenoxy) is 2. The minimum Gasteiger partial charge on any atom is -0.489 e. The molecule has 1 aromatic heterocycles. The van der Waals surface area contributed by atoms with E-state index in [1.54, 1.807) is 18.4 Å². The standard InChI is InChI=1S/C33H32N2O4S/c1-6-38-32(37)29-23(5)34-33-35(30(29)25-10-8-7-9-11-25)31(36)28(40-33)18-24-12-14-26(15-13-24)39-19-27-21(3)16-20(2)17-22(27)4/h7-18,30H,6,19H2,1-5H3/b28-18-/t30-/m1/s1. The van der Waals surface area contributed by atoms with Gasteiger partial charge in [0, 0.05) is 0 Å². The maximum absolute atomic E-state index is 13.7. The number of nitrogens with zero attached hydrogens (tertiary/aromatic N) is 2. The quantitative estimate of drug-likeness (QED) is 0.292. The summed E-state index contributed by atoms with van der Waals surface area (Å²) in [5.74, 6) is 0.301. The molecule has 1 aliphatic rings. The van der Waals surface area contributed by atoms with Gasteiger partial charge in [-0.05, 0) is 80.6 Å². The van der Waals surface area contributed by atoms with Crippen LogP contribution < -0.4 is 19.6 Å². The Morgan fingerprint density at radius 2 is 1.68 bits per heavy atom. The van der Waals surface area contributed by atoms with Gasteiger partial charge in [-0.1, -0.05) is 71.5 Å². The molecule has 0 fully saturated rings. The lowest BCUT2D eigenvalue weighted by Crippen LogP contribution is -2.39. The molecule has 3 aromatic carbocycles. The van der Waals surface area contributed by atoms with Crippen molar-refractivity contribution in [3.63, 3.8) is 0 Å². The van der Waals surface area contributed by atoms with Gasteiger partial charge in [0.1, 0.15) is 12.4 Å². The van der Waals surface area contributed by atoms with Crippen LogP contribution in [0.2, 0.25) is 0 Å². The molecule has 6 nitrogen and oxygen atoms in total. The Morgan fingerprint density at radius 3 is 2.33 bits per heavy atom. The fourth-order valence-corrected chi connectivity index (χ4v) is 6.19. The van der Waals surface area contributed by atoms with Crippen molar-refractivity contribution >= 4 is 23.4 Å². The van der Waals surface area contributed by atoms with Gasteiger partial charge in [-0.15, -0.1) is 0 Å². The minimum atomic E-state index is -0.608. The molecule has 0 saturated carbocycles. The van der Waals surface area contributed by atoms with Crippen LogP contribution in [-0.2, 0) is 16.1 Å². The minimum absolute atomic E-state index is 0.197. The summed E-state index contributed by atoms with van der Waals surface area (Å²) in [6.07, 6.45) is 1.85. The normalized spacial score (nSPS) is 15.0. The second kappa shape index (κ2) is 11.5. The number of fused-ring (bicyclic) bond motifs is 1. The second-order valence-electron chi connectivity index (χ2n) is 9.95. The highest BCUT2D eigenvalue weighted by molar-refractivity contribution is 7.07. The summed E-state index contributed by atoms with van der Waals surface area (Å²) in [6.45, 7) is 10.6. The number of rotatable bonds is 7. The van der Waals surface area contributed by atoms with Crippen LogP contribution in [0.15, 0.2) is 87.8 Å². The fourth-order valence-electron chi connectivity index (χ4n) is 5.15. The van der Waals surface area contributed by atoms with Crippen LogP contribution in [0, 0.1) is 20.8 Å². The van der Waals surface area contributed by atoms with E-state index >= 15 is 0 Å². The Balaban J connectivity index is 1.47. The van der Waals surface area contributed by atoms with E-state index in [0.29, 0.717) is 27.2 Å². The number of aryl methyl sites for hydroxylation is 3. The highest BCUT2D eigenvalue weighted by Crippen LogP contribution is 2.30. The second-order valence-corrected chi connectivity index (χ2v) is 11.0. The number of carbonyl (C=O) groups excluding carboxylic acids is 1. The first-order valence-corrected chi connectivity index (χ1v) is 14.1. The van der Waals surface area contributed by atoms with Gasteiger partial charge in [-0.2, -0.15) is 0 Å². The SMILES string of the molecule is CCOC(=O)C1=C(C)N=c2s/c(=C\c3ccc(OCc4c(C)cc(C)cc4C)cc3)c(=O)n2[C@@H]1c1ccccc1. The maximum atomic E-state index is 13.7. The highest BCUT2D eigenvalue weighted by Gasteiger charge is 2.33. The van der Waals surface area contributed by atoms with Crippen molar-refractivity contribution in [1.82, 2.24) is 4.57 Å². The zero-order chi connectivity index (χ0) is 28.4. The highest BCUT2D eigenvalue weighted by atomic mass is 32.1. The van der Waals surface area contributed by atoms with E-state index in [1.807, 2.05) is 60.7 Å². The van der Waals surface area contributed by atoms with Crippen LogP contribution in [0.5, 0.6) is 5.75 Å². The third-order valence-electron chi connectivity index (χ3n) is 7.03. The van der Waals surface area contributed by atoms with Crippen molar-refractivity contribution in [2.75, 3.05) is 6.61 Å². The van der Waals surface area contributed by atoms with Crippen LogP contribution >= 0.6 is 11.3 Å². The summed E-state index contributed by atoms with van der Waals surface area (Å²) in [6, 6.07) is 21.0. The first kappa shape index (κ1) is 27.3. The van der Waals surface area contributed by atoms with Crippen LogP contribution in [-0.4, -0.2) is 17.1 Å². The van der Waals surface area contributed by atoms with Crippen molar-refractivity contribution < 1.29 is 14.3 Å². The Morgan fingerprint density at radius 1 is 1.00 bits per heavy atom. The summed E-state index contributed by atoms with van der Waals surface area (Å²) in [5, 5.41) is 0. The molecule has 0 spiro atoms. The lowest BCUT2D eigenvalue weighted by atomic mass is 9.96. The molecule has 2 heterocycles. The molecule has 7 heteroatoms. The van der Waals surface area contributed by atoms with Gasteiger partial charge in [-0.25, -0.2) is 9.79 Å². The predicted molar refractivity (Wildman–Crippen MR) is 158 cm³/mol. The molecule has 0 saturated heterocycles. The number of benzene rings is 3. The Kier molecular flexibility index (Phi) is 7.85. The van der Waals surface area contributed by atoms with Crippen molar-refractivity contribution in [2.24, 2.45) is 4.99 Å². The molecule has 0 radical (unpaired) electrons. The van der Waals surface area contributed by atoms with Crippen LogP contribution in [0.1, 0.15) is 53.3 Å². The molecular formula is C33H32N2O4S. The zero-order valence-electron chi connectivity index (χ0n) is 23.4. The topological polar surface area (TPSA) is 69.9 Å². The number of hydrogen-bond acceptors (Lipinski definition) is 6. The lowest BCUT2D eigenvalue weighted by molar-refractivity contribution is -0.139. The molecule has 1 aliphatic heterocycles. The molecule has 40 heavy (non-hydrogen) atoms. The summed E-state index contributed by atoms with van der Waals surface area (Å²) >= 11 is 1.31. The maximum Gasteiger partial charge on any atom is 0.338 e. The number of hydrogen-bond donors (Lipinski definition) is 0. The van der Waals surface area contributed by atoms with Crippen molar-refractivity contribution in [3.05, 3.63) is 131 Å². The monoisotopic (exact) mass is 552 g/mol. The van der Waals surface area contributed by atoms with Gasteiger partial charge >= 0.3 is 5.97 Å². The largest absolute Gasteiger partial charge is 0.489 e. The van der Waals surface area contributed by atoms with E-state index in [-0.39, 0.29) is 12.2 Å². The average Bonchev–Trinajstić information content (AvgIpc) is 3.22. The van der Waals surface area contributed by atoms with Gasteiger partial charge in [0.15, 0.2) is 4.80 Å². The number of allylic oxidation sites excluding steroid dienone is 1. The first-order valence-electron chi connectivity index (χ1n) is 13.3. The molecule has 4 aromatic rings. The molecule has 0 aliphatic carbocycles. The number of esters is 1. The molecule has 0 bridgehead atoms. The third-order valence-corrected chi connectivity index (χ3v) is 8.02. The summed E-state index contributed by atoms with van der Waals surface area (Å²) in [7, 11) is 0. The van der Waals surface area contributed by atoms with Crippen LogP contribution in [0.3, 0.4) is 0 Å². The van der Waals surface area contributed by atoms with E-state index in [9.17, 15) is 9.59 Å². The molecular weight excluding hydrogens is 520 g/mol. The fraction of sp³-hybridized carbons (Fsp3) is 0.242.